The van der Waals surface area contributed by atoms with Gasteiger partial charge in [-0.3, -0.25) is 14.2 Å². The number of hydrogen-bond acceptors (Lipinski definition) is 6. The van der Waals surface area contributed by atoms with Crippen molar-refractivity contribution in [3.63, 3.8) is 0 Å². The summed E-state index contributed by atoms with van der Waals surface area (Å²) in [6.45, 7) is 0.489. The highest BCUT2D eigenvalue weighted by molar-refractivity contribution is 6.54. The van der Waals surface area contributed by atoms with Gasteiger partial charge in [-0.05, 0) is 54.0 Å². The maximum atomic E-state index is 13.1. The lowest BCUT2D eigenvalue weighted by molar-refractivity contribution is -0.132. The quantitative estimate of drug-likeness (QED) is 0.474. The van der Waals surface area contributed by atoms with Crippen LogP contribution in [0.4, 0.5) is 5.69 Å². The summed E-state index contributed by atoms with van der Waals surface area (Å²) in [5, 5.41) is 10.3. The zero-order valence-corrected chi connectivity index (χ0v) is 20.1. The van der Waals surface area contributed by atoms with Crippen molar-refractivity contribution < 1.29 is 24.2 Å². The van der Waals surface area contributed by atoms with Gasteiger partial charge in [0.25, 0.3) is 11.5 Å². The number of fused-ring (bicyclic) bond motifs is 2. The van der Waals surface area contributed by atoms with E-state index in [1.165, 1.54) is 12.1 Å². The highest BCUT2D eigenvalue weighted by Crippen LogP contribution is 2.32. The molecule has 2 aromatic carbocycles. The molecular weight excluding hydrogens is 497 g/mol. The van der Waals surface area contributed by atoms with E-state index in [2.05, 4.69) is 10.3 Å². The van der Waals surface area contributed by atoms with Crippen LogP contribution in [0.15, 0.2) is 51.3 Å². The van der Waals surface area contributed by atoms with Gasteiger partial charge in [-0.1, -0.05) is 29.3 Å². The Balaban J connectivity index is 1.72. The van der Waals surface area contributed by atoms with Crippen molar-refractivity contribution in [2.45, 2.75) is 13.0 Å². The van der Waals surface area contributed by atoms with Gasteiger partial charge >= 0.3 is 5.97 Å². The maximum Gasteiger partial charge on any atom is 0.349 e. The first-order valence-electron chi connectivity index (χ1n) is 10.3. The summed E-state index contributed by atoms with van der Waals surface area (Å²) in [5.74, 6) is -0.710. The van der Waals surface area contributed by atoms with Gasteiger partial charge < -0.3 is 19.9 Å². The molecule has 0 fully saturated rings. The third kappa shape index (κ3) is 4.73. The summed E-state index contributed by atoms with van der Waals surface area (Å²) in [4.78, 5) is 40.9. The molecule has 1 aliphatic heterocycles. The lowest BCUT2D eigenvalue weighted by Gasteiger charge is -2.09. The largest absolute Gasteiger partial charge is 0.493 e. The number of anilines is 1. The van der Waals surface area contributed by atoms with Crippen molar-refractivity contribution >= 4 is 63.3 Å². The van der Waals surface area contributed by atoms with Crippen LogP contribution in [0.3, 0.4) is 0 Å². The molecule has 0 saturated carbocycles. The Kier molecular flexibility index (Phi) is 6.81. The van der Waals surface area contributed by atoms with Crippen molar-refractivity contribution in [3.05, 3.63) is 68.2 Å². The first-order valence-corrected chi connectivity index (χ1v) is 11.1. The van der Waals surface area contributed by atoms with Gasteiger partial charge in [0.1, 0.15) is 15.9 Å². The van der Waals surface area contributed by atoms with Crippen LogP contribution in [0.25, 0.3) is 22.6 Å². The molecule has 0 spiro atoms. The van der Waals surface area contributed by atoms with E-state index in [-0.39, 0.29) is 11.2 Å². The third-order valence-corrected chi connectivity index (χ3v) is 6.24. The minimum Gasteiger partial charge on any atom is -0.493 e. The Hall–Kier alpha value is -3.82. The summed E-state index contributed by atoms with van der Waals surface area (Å²) in [5.41, 5.74) is 2.16. The number of nitrogens with one attached hydrogen (secondary N) is 1. The second-order valence-corrected chi connectivity index (χ2v) is 8.30. The molecule has 0 aliphatic carbocycles. The average Bonchev–Trinajstić information content (AvgIpc) is 3.25. The number of nitrogens with zero attached hydrogens (tertiary/aromatic N) is 2. The lowest BCUT2D eigenvalue weighted by atomic mass is 10.1. The zero-order chi connectivity index (χ0) is 25.3. The van der Waals surface area contributed by atoms with Crippen molar-refractivity contribution in [1.82, 2.24) is 9.55 Å². The fraction of sp³-hybridized carbons (Fsp3) is 0.167. The summed E-state index contributed by atoms with van der Waals surface area (Å²) >= 11 is 11.3. The SMILES string of the molecule is COc1ccc(C=C2CCn3c2nc2cc(NC(=O)/C(Cl)=C(/Cl)C(=O)O)ccc2c3=O)cc1OC. The van der Waals surface area contributed by atoms with Gasteiger partial charge in [-0.2, -0.15) is 0 Å². The van der Waals surface area contributed by atoms with E-state index in [4.69, 9.17) is 37.8 Å². The van der Waals surface area contributed by atoms with E-state index in [1.54, 1.807) is 30.9 Å². The molecule has 35 heavy (non-hydrogen) atoms. The van der Waals surface area contributed by atoms with Gasteiger partial charge in [0.2, 0.25) is 0 Å². The molecular formula is C24H19Cl2N3O6. The highest BCUT2D eigenvalue weighted by Gasteiger charge is 2.22. The standard InChI is InChI=1S/C24H19Cl2N3O6/c1-34-17-6-3-12(10-18(17)35-2)9-13-7-8-29-21(13)28-16-11-14(4-5-15(16)23(29)31)27-22(30)19(25)20(26)24(32)33/h3-6,9-11H,7-8H2,1-2H3,(H,27,30)(H,32,33)/b13-9?,20-19-. The van der Waals surface area contributed by atoms with Crippen LogP contribution >= 0.6 is 23.2 Å². The Morgan fingerprint density at radius 1 is 1.09 bits per heavy atom. The number of amides is 1. The number of carbonyl (C=O) groups excluding carboxylic acids is 1. The van der Waals surface area contributed by atoms with Crippen LogP contribution in [0.1, 0.15) is 17.8 Å². The number of aromatic nitrogens is 2. The topological polar surface area (TPSA) is 120 Å². The number of halogens is 2. The monoisotopic (exact) mass is 515 g/mol. The van der Waals surface area contributed by atoms with E-state index in [0.29, 0.717) is 41.2 Å². The lowest BCUT2D eigenvalue weighted by Crippen LogP contribution is -2.21. The van der Waals surface area contributed by atoms with Gasteiger partial charge in [0.05, 0.1) is 25.1 Å². The number of aliphatic carboxylic acids is 1. The molecule has 1 aliphatic rings. The first kappa shape index (κ1) is 24.3. The third-order valence-electron chi connectivity index (χ3n) is 5.43. The summed E-state index contributed by atoms with van der Waals surface area (Å²) in [6, 6.07) is 10.1. The Bertz CT molecular complexity index is 1490. The van der Waals surface area contributed by atoms with Crippen LogP contribution in [0.5, 0.6) is 11.5 Å². The summed E-state index contributed by atoms with van der Waals surface area (Å²) < 4.78 is 12.3. The molecule has 1 amide bonds. The van der Waals surface area contributed by atoms with Crippen molar-refractivity contribution in [3.8, 4) is 11.5 Å². The number of carbonyl (C=O) groups is 2. The van der Waals surface area contributed by atoms with Crippen LogP contribution in [0.2, 0.25) is 0 Å². The average molecular weight is 516 g/mol. The van der Waals surface area contributed by atoms with Crippen LogP contribution in [-0.4, -0.2) is 40.8 Å². The molecule has 11 heteroatoms. The molecule has 0 saturated heterocycles. The fourth-order valence-corrected chi connectivity index (χ4v) is 3.97. The molecule has 180 valence electrons. The molecule has 1 aromatic heterocycles. The molecule has 4 rings (SSSR count). The molecule has 0 unspecified atom stereocenters. The van der Waals surface area contributed by atoms with Crippen LogP contribution in [0, 0.1) is 0 Å². The van der Waals surface area contributed by atoms with E-state index < -0.39 is 21.9 Å². The Morgan fingerprint density at radius 3 is 2.51 bits per heavy atom. The summed E-state index contributed by atoms with van der Waals surface area (Å²) in [6.07, 6.45) is 2.55. The molecule has 9 nitrogen and oxygen atoms in total. The molecule has 0 radical (unpaired) electrons. The maximum absolute atomic E-state index is 13.1. The van der Waals surface area contributed by atoms with E-state index >= 15 is 0 Å². The van der Waals surface area contributed by atoms with E-state index in [9.17, 15) is 14.4 Å². The Labute approximate surface area is 209 Å². The van der Waals surface area contributed by atoms with Crippen LogP contribution in [-0.2, 0) is 16.1 Å². The molecule has 0 atom stereocenters. The molecule has 2 heterocycles. The summed E-state index contributed by atoms with van der Waals surface area (Å²) in [7, 11) is 3.12. The number of benzene rings is 2. The number of carboxylic acids is 1. The number of ether oxygens (including phenoxy) is 2. The van der Waals surface area contributed by atoms with Crippen molar-refractivity contribution in [1.29, 1.82) is 0 Å². The molecule has 3 aromatic rings. The van der Waals surface area contributed by atoms with Gasteiger partial charge in [0, 0.05) is 12.2 Å². The number of carboxylic acid groups (broad SMARTS) is 1. The van der Waals surface area contributed by atoms with Crippen molar-refractivity contribution in [2.75, 3.05) is 19.5 Å². The number of rotatable bonds is 6. The molecule has 0 bridgehead atoms. The number of allylic oxidation sites excluding steroid dienone is 1. The highest BCUT2D eigenvalue weighted by atomic mass is 35.5. The second-order valence-electron chi connectivity index (χ2n) is 7.55. The Morgan fingerprint density at radius 2 is 1.83 bits per heavy atom. The minimum atomic E-state index is -1.52. The predicted molar refractivity (Wildman–Crippen MR) is 133 cm³/mol. The van der Waals surface area contributed by atoms with Gasteiger partial charge in [0.15, 0.2) is 11.5 Å². The molecule has 2 N–H and O–H groups in total. The van der Waals surface area contributed by atoms with Crippen LogP contribution < -0.4 is 20.3 Å². The normalized spacial score (nSPS) is 14.5. The number of hydrogen-bond donors (Lipinski definition) is 2. The number of methoxy groups -OCH3 is 2. The zero-order valence-electron chi connectivity index (χ0n) is 18.6. The smallest absolute Gasteiger partial charge is 0.349 e. The second kappa shape index (κ2) is 9.81. The van der Waals surface area contributed by atoms with Crippen molar-refractivity contribution in [2.24, 2.45) is 0 Å². The van der Waals surface area contributed by atoms with E-state index in [1.807, 2.05) is 18.2 Å². The minimum absolute atomic E-state index is 0.203. The predicted octanol–water partition coefficient (Wildman–Crippen LogP) is 4.07. The fourth-order valence-electron chi connectivity index (χ4n) is 3.76. The van der Waals surface area contributed by atoms with Gasteiger partial charge in [-0.25, -0.2) is 9.78 Å². The van der Waals surface area contributed by atoms with E-state index in [0.717, 1.165) is 11.1 Å². The van der Waals surface area contributed by atoms with Gasteiger partial charge in [-0.15, -0.1) is 0 Å². The first-order chi connectivity index (χ1) is 16.7.